The lowest BCUT2D eigenvalue weighted by atomic mass is 9.77. The Bertz CT molecular complexity index is 704. The van der Waals surface area contributed by atoms with E-state index in [2.05, 4.69) is 6.07 Å². The molecule has 0 aliphatic heterocycles. The van der Waals surface area contributed by atoms with E-state index in [1.165, 1.54) is 11.3 Å². The topological polar surface area (TPSA) is 67.2 Å². The third-order valence-corrected chi connectivity index (χ3v) is 4.52. The summed E-state index contributed by atoms with van der Waals surface area (Å²) in [5.74, 6) is -0.674. The van der Waals surface area contributed by atoms with Crippen LogP contribution in [0, 0.1) is 11.3 Å². The molecular weight excluding hydrogens is 310 g/mol. The fourth-order valence-electron chi connectivity index (χ4n) is 2.37. The Balaban J connectivity index is 2.28. The summed E-state index contributed by atoms with van der Waals surface area (Å²) in [4.78, 5) is 25.3. The minimum atomic E-state index is -1.45. The lowest BCUT2D eigenvalue weighted by Crippen LogP contribution is -2.36. The molecule has 0 fully saturated rings. The van der Waals surface area contributed by atoms with Crippen molar-refractivity contribution < 1.29 is 14.3 Å². The van der Waals surface area contributed by atoms with E-state index in [4.69, 9.17) is 4.74 Å². The average Bonchev–Trinajstić information content (AvgIpc) is 3.11. The first-order valence-corrected chi connectivity index (χ1v) is 8.22. The van der Waals surface area contributed by atoms with Crippen LogP contribution in [0.1, 0.15) is 35.0 Å². The lowest BCUT2D eigenvalue weighted by Gasteiger charge is -2.24. The number of esters is 1. The summed E-state index contributed by atoms with van der Waals surface area (Å²) in [6, 6.07) is 14.4. The highest BCUT2D eigenvalue weighted by molar-refractivity contribution is 7.12. The Labute approximate surface area is 139 Å². The van der Waals surface area contributed by atoms with Crippen molar-refractivity contribution in [2.45, 2.75) is 25.2 Å². The van der Waals surface area contributed by atoms with Crippen LogP contribution in [0.2, 0.25) is 0 Å². The molecule has 23 heavy (non-hydrogen) atoms. The van der Waals surface area contributed by atoms with Gasteiger partial charge < -0.3 is 4.74 Å². The molecule has 4 nitrogen and oxygen atoms in total. The van der Waals surface area contributed by atoms with Crippen LogP contribution in [0.15, 0.2) is 47.8 Å². The Kier molecular flexibility index (Phi) is 5.67. The van der Waals surface area contributed by atoms with E-state index < -0.39 is 11.4 Å². The number of rotatable bonds is 7. The minimum Gasteiger partial charge on any atom is -0.465 e. The van der Waals surface area contributed by atoms with E-state index in [0.717, 1.165) is 0 Å². The maximum absolute atomic E-state index is 12.4. The molecule has 0 amide bonds. The van der Waals surface area contributed by atoms with Gasteiger partial charge in [-0.2, -0.15) is 5.26 Å². The molecule has 2 rings (SSSR count). The fraction of sp³-hybridized carbons (Fsp3) is 0.278. The molecule has 2 aromatic rings. The Morgan fingerprint density at radius 2 is 1.96 bits per heavy atom. The van der Waals surface area contributed by atoms with Crippen molar-refractivity contribution in [2.24, 2.45) is 0 Å². The normalized spacial score (nSPS) is 12.9. The first-order valence-electron chi connectivity index (χ1n) is 7.34. The van der Waals surface area contributed by atoms with Crippen molar-refractivity contribution in [3.8, 4) is 6.07 Å². The molecule has 0 spiro atoms. The molecule has 0 aliphatic rings. The highest BCUT2D eigenvalue weighted by Crippen LogP contribution is 2.31. The number of ketones is 1. The quantitative estimate of drug-likeness (QED) is 0.574. The van der Waals surface area contributed by atoms with Gasteiger partial charge in [-0.25, -0.2) is 4.79 Å². The summed E-state index contributed by atoms with van der Waals surface area (Å²) >= 11 is 1.36. The van der Waals surface area contributed by atoms with Gasteiger partial charge in [0.25, 0.3) is 0 Å². The molecule has 0 radical (unpaired) electrons. The zero-order chi connectivity index (χ0) is 16.7. The first kappa shape index (κ1) is 16.9. The van der Waals surface area contributed by atoms with Gasteiger partial charge in [0.05, 0.1) is 17.6 Å². The predicted molar refractivity (Wildman–Crippen MR) is 88.2 cm³/mol. The van der Waals surface area contributed by atoms with Crippen molar-refractivity contribution in [1.29, 1.82) is 5.26 Å². The number of carbonyl (C=O) groups excluding carboxylic acids is 2. The fourth-order valence-corrected chi connectivity index (χ4v) is 3.06. The summed E-state index contributed by atoms with van der Waals surface area (Å²) in [6.07, 6.45) is 0.213. The van der Waals surface area contributed by atoms with Gasteiger partial charge >= 0.3 is 5.97 Å². The molecular formula is C18H17NO3S. The van der Waals surface area contributed by atoms with Crippen LogP contribution in [0.4, 0.5) is 0 Å². The van der Waals surface area contributed by atoms with Crippen LogP contribution in [0.3, 0.4) is 0 Å². The Hall–Kier alpha value is -2.45. The molecule has 0 bridgehead atoms. The maximum Gasteiger partial charge on any atom is 0.331 e. The van der Waals surface area contributed by atoms with Crippen molar-refractivity contribution in [1.82, 2.24) is 0 Å². The second kappa shape index (κ2) is 7.70. The van der Waals surface area contributed by atoms with Crippen molar-refractivity contribution in [3.63, 3.8) is 0 Å². The number of nitriles is 1. The molecule has 1 aromatic carbocycles. The number of Topliss-reactive ketones (excluding diaryl/α,β-unsaturated/α-hetero) is 1. The molecule has 0 saturated heterocycles. The molecule has 1 heterocycles. The van der Waals surface area contributed by atoms with Gasteiger partial charge in [-0.15, -0.1) is 11.3 Å². The highest BCUT2D eigenvalue weighted by atomic mass is 32.1. The third-order valence-electron chi connectivity index (χ3n) is 3.60. The van der Waals surface area contributed by atoms with Gasteiger partial charge in [0.2, 0.25) is 0 Å². The van der Waals surface area contributed by atoms with E-state index in [1.807, 2.05) is 11.4 Å². The smallest absolute Gasteiger partial charge is 0.331 e. The third kappa shape index (κ3) is 3.66. The lowest BCUT2D eigenvalue weighted by molar-refractivity contribution is -0.148. The van der Waals surface area contributed by atoms with Crippen LogP contribution in [-0.2, 0) is 14.9 Å². The van der Waals surface area contributed by atoms with Crippen LogP contribution in [0.25, 0.3) is 0 Å². The maximum atomic E-state index is 12.4. The van der Waals surface area contributed by atoms with Crippen molar-refractivity contribution in [3.05, 3.63) is 58.3 Å². The monoisotopic (exact) mass is 327 g/mol. The zero-order valence-corrected chi connectivity index (χ0v) is 13.6. The largest absolute Gasteiger partial charge is 0.465 e. The summed E-state index contributed by atoms with van der Waals surface area (Å²) < 4.78 is 5.11. The van der Waals surface area contributed by atoms with Crippen LogP contribution in [-0.4, -0.2) is 18.4 Å². The van der Waals surface area contributed by atoms with Gasteiger partial charge in [0, 0.05) is 6.42 Å². The van der Waals surface area contributed by atoms with E-state index in [-0.39, 0.29) is 25.2 Å². The van der Waals surface area contributed by atoms with Crippen molar-refractivity contribution in [2.75, 3.05) is 6.61 Å². The van der Waals surface area contributed by atoms with E-state index >= 15 is 0 Å². The van der Waals surface area contributed by atoms with Gasteiger partial charge in [0.15, 0.2) is 11.2 Å². The Morgan fingerprint density at radius 1 is 1.22 bits per heavy atom. The number of nitrogens with zero attached hydrogens (tertiary/aromatic N) is 1. The van der Waals surface area contributed by atoms with Gasteiger partial charge in [0.1, 0.15) is 0 Å². The predicted octanol–water partition coefficient (Wildman–Crippen LogP) is 3.74. The van der Waals surface area contributed by atoms with Gasteiger partial charge in [-0.05, 0) is 30.4 Å². The Morgan fingerprint density at radius 3 is 2.52 bits per heavy atom. The highest BCUT2D eigenvalue weighted by Gasteiger charge is 2.42. The van der Waals surface area contributed by atoms with E-state index in [0.29, 0.717) is 10.4 Å². The van der Waals surface area contributed by atoms with Gasteiger partial charge in [-0.3, -0.25) is 4.79 Å². The second-order valence-electron chi connectivity index (χ2n) is 5.00. The van der Waals surface area contributed by atoms with Crippen LogP contribution < -0.4 is 0 Å². The van der Waals surface area contributed by atoms with Crippen LogP contribution >= 0.6 is 11.3 Å². The second-order valence-corrected chi connectivity index (χ2v) is 5.95. The molecule has 118 valence electrons. The minimum absolute atomic E-state index is 0.0696. The van der Waals surface area contributed by atoms with Crippen LogP contribution in [0.5, 0.6) is 0 Å². The standard InChI is InChI=1S/C18H17NO3S/c1-2-22-17(21)18(13-19,14-7-4-3-5-8-14)11-10-15(20)16-9-6-12-23-16/h3-9,12H,2,10-11H2,1H3/t18-/m1/s1. The zero-order valence-electron chi connectivity index (χ0n) is 12.8. The molecule has 5 heteroatoms. The molecule has 0 N–H and O–H groups in total. The average molecular weight is 327 g/mol. The summed E-state index contributed by atoms with van der Waals surface area (Å²) in [7, 11) is 0. The molecule has 1 atom stereocenters. The number of carbonyl (C=O) groups is 2. The summed E-state index contributed by atoms with van der Waals surface area (Å²) in [5, 5.41) is 11.5. The summed E-state index contributed by atoms with van der Waals surface area (Å²) in [6.45, 7) is 1.88. The number of hydrogen-bond donors (Lipinski definition) is 0. The molecule has 0 unspecified atom stereocenters. The number of benzene rings is 1. The molecule has 0 saturated carbocycles. The number of hydrogen-bond acceptors (Lipinski definition) is 5. The van der Waals surface area contributed by atoms with Gasteiger partial charge in [-0.1, -0.05) is 36.4 Å². The first-order chi connectivity index (χ1) is 11.1. The number of thiophene rings is 1. The SMILES string of the molecule is CCOC(=O)[C@@](C#N)(CCC(=O)c1cccs1)c1ccccc1. The molecule has 0 aliphatic carbocycles. The van der Waals surface area contributed by atoms with Crippen molar-refractivity contribution >= 4 is 23.1 Å². The molecule has 1 aromatic heterocycles. The van der Waals surface area contributed by atoms with E-state index in [9.17, 15) is 14.9 Å². The van der Waals surface area contributed by atoms with E-state index in [1.54, 1.807) is 43.3 Å². The number of ether oxygens (including phenoxy) is 1. The summed E-state index contributed by atoms with van der Waals surface area (Å²) in [5.41, 5.74) is -0.899.